The fraction of sp³-hybridized carbons (Fsp3) is 0.556. The average molecular weight is 359 g/mol. The molecule has 0 unspecified atom stereocenters. The van der Waals surface area contributed by atoms with E-state index in [1.54, 1.807) is 18.1 Å². The van der Waals surface area contributed by atoms with Crippen molar-refractivity contribution in [3.63, 3.8) is 0 Å². The second-order valence-electron chi connectivity index (χ2n) is 6.49. The standard InChI is InChI=1S/C18H26N6S/c1-3-4-9-25-18-22-15(19)10-16(23-18)24-7-5-14(6-8-24)17-13(2)11-20-12-21-17/h10-12,14H,3-9H2,1-2H3,(H2,19,22,23). The fourth-order valence-electron chi connectivity index (χ4n) is 3.18. The highest BCUT2D eigenvalue weighted by atomic mass is 32.2. The fourth-order valence-corrected chi connectivity index (χ4v) is 4.13. The third-order valence-electron chi connectivity index (χ3n) is 4.58. The maximum absolute atomic E-state index is 6.00. The highest BCUT2D eigenvalue weighted by Crippen LogP contribution is 2.31. The smallest absolute Gasteiger partial charge is 0.191 e. The molecule has 0 radical (unpaired) electrons. The minimum absolute atomic E-state index is 0.497. The minimum Gasteiger partial charge on any atom is -0.383 e. The van der Waals surface area contributed by atoms with E-state index in [-0.39, 0.29) is 0 Å². The van der Waals surface area contributed by atoms with Crippen molar-refractivity contribution < 1.29 is 0 Å². The summed E-state index contributed by atoms with van der Waals surface area (Å²) in [7, 11) is 0. The number of unbranched alkanes of at least 4 members (excludes halogenated alkanes) is 1. The summed E-state index contributed by atoms with van der Waals surface area (Å²) in [6, 6.07) is 1.89. The molecule has 6 nitrogen and oxygen atoms in total. The number of piperidine rings is 1. The van der Waals surface area contributed by atoms with Gasteiger partial charge in [0.15, 0.2) is 5.16 Å². The van der Waals surface area contributed by atoms with Crippen LogP contribution in [0.2, 0.25) is 0 Å². The van der Waals surface area contributed by atoms with Crippen LogP contribution in [0.5, 0.6) is 0 Å². The topological polar surface area (TPSA) is 80.8 Å². The maximum atomic E-state index is 6.00. The molecule has 3 heterocycles. The zero-order valence-corrected chi connectivity index (χ0v) is 15.8. The Labute approximate surface area is 153 Å². The molecule has 2 N–H and O–H groups in total. The summed E-state index contributed by atoms with van der Waals surface area (Å²) in [6.07, 6.45) is 8.04. The molecule has 1 saturated heterocycles. The van der Waals surface area contributed by atoms with Gasteiger partial charge in [-0.05, 0) is 31.7 Å². The number of rotatable bonds is 6. The molecule has 7 heteroatoms. The highest BCUT2D eigenvalue weighted by Gasteiger charge is 2.24. The molecule has 0 bridgehead atoms. The lowest BCUT2D eigenvalue weighted by Gasteiger charge is -2.33. The van der Waals surface area contributed by atoms with E-state index in [2.05, 4.69) is 33.7 Å². The Balaban J connectivity index is 1.65. The van der Waals surface area contributed by atoms with E-state index in [1.807, 2.05) is 12.3 Å². The van der Waals surface area contributed by atoms with Gasteiger partial charge in [0, 0.05) is 42.7 Å². The molecule has 25 heavy (non-hydrogen) atoms. The Morgan fingerprint density at radius 2 is 2.08 bits per heavy atom. The van der Waals surface area contributed by atoms with Gasteiger partial charge in [-0.15, -0.1) is 0 Å². The summed E-state index contributed by atoms with van der Waals surface area (Å²) >= 11 is 1.69. The van der Waals surface area contributed by atoms with E-state index >= 15 is 0 Å². The van der Waals surface area contributed by atoms with Crippen molar-refractivity contribution >= 4 is 23.4 Å². The van der Waals surface area contributed by atoms with Crippen molar-refractivity contribution in [3.8, 4) is 0 Å². The zero-order chi connectivity index (χ0) is 17.6. The first-order valence-electron chi connectivity index (χ1n) is 8.96. The van der Waals surface area contributed by atoms with E-state index in [1.165, 1.54) is 24.1 Å². The monoisotopic (exact) mass is 358 g/mol. The third kappa shape index (κ3) is 4.60. The van der Waals surface area contributed by atoms with E-state index in [0.717, 1.165) is 42.7 Å². The van der Waals surface area contributed by atoms with E-state index < -0.39 is 0 Å². The lowest BCUT2D eigenvalue weighted by Crippen LogP contribution is -2.34. The molecule has 0 saturated carbocycles. The molecule has 0 atom stereocenters. The van der Waals surface area contributed by atoms with Crippen molar-refractivity contribution in [1.29, 1.82) is 0 Å². The molecule has 2 aromatic heterocycles. The first kappa shape index (κ1) is 17.9. The van der Waals surface area contributed by atoms with Gasteiger partial charge in [-0.25, -0.2) is 19.9 Å². The number of nitrogens with two attached hydrogens (primary N) is 1. The van der Waals surface area contributed by atoms with Crippen molar-refractivity contribution in [2.24, 2.45) is 0 Å². The number of thioether (sulfide) groups is 1. The predicted octanol–water partition coefficient (Wildman–Crippen LogP) is 3.43. The molecule has 1 aliphatic heterocycles. The molecular formula is C18H26N6S. The molecule has 0 aliphatic carbocycles. The Hall–Kier alpha value is -1.89. The maximum Gasteiger partial charge on any atom is 0.191 e. The van der Waals surface area contributed by atoms with Crippen molar-refractivity contribution in [1.82, 2.24) is 19.9 Å². The number of aryl methyl sites for hydroxylation is 1. The Bertz CT molecular complexity index is 700. The molecule has 2 aromatic rings. The Kier molecular flexibility index (Phi) is 6.07. The van der Waals surface area contributed by atoms with Crippen LogP contribution in [-0.2, 0) is 0 Å². The lowest BCUT2D eigenvalue weighted by molar-refractivity contribution is 0.490. The van der Waals surface area contributed by atoms with Crippen LogP contribution < -0.4 is 10.6 Å². The molecule has 0 spiro atoms. The number of nitrogen functional groups attached to an aromatic ring is 1. The van der Waals surface area contributed by atoms with E-state index in [0.29, 0.717) is 11.7 Å². The van der Waals surface area contributed by atoms with Crippen molar-refractivity contribution in [3.05, 3.63) is 29.8 Å². The normalized spacial score (nSPS) is 15.5. The highest BCUT2D eigenvalue weighted by molar-refractivity contribution is 7.99. The van der Waals surface area contributed by atoms with Crippen LogP contribution in [0.15, 0.2) is 23.7 Å². The quantitative estimate of drug-likeness (QED) is 0.481. The van der Waals surface area contributed by atoms with Crippen LogP contribution in [0, 0.1) is 6.92 Å². The van der Waals surface area contributed by atoms with E-state index in [9.17, 15) is 0 Å². The van der Waals surface area contributed by atoms with Gasteiger partial charge in [0.1, 0.15) is 18.0 Å². The van der Waals surface area contributed by atoms with Gasteiger partial charge in [0.2, 0.25) is 0 Å². The van der Waals surface area contributed by atoms with Crippen molar-refractivity contribution in [2.75, 3.05) is 29.5 Å². The molecule has 1 aliphatic rings. The van der Waals surface area contributed by atoms with Crippen molar-refractivity contribution in [2.45, 2.75) is 50.6 Å². The van der Waals surface area contributed by atoms with Gasteiger partial charge in [0.25, 0.3) is 0 Å². The molecule has 0 amide bonds. The number of nitrogens with zero attached hydrogens (tertiary/aromatic N) is 5. The van der Waals surface area contributed by atoms with Gasteiger partial charge >= 0.3 is 0 Å². The molecular weight excluding hydrogens is 332 g/mol. The van der Waals surface area contributed by atoms with Crippen LogP contribution in [0.1, 0.15) is 49.8 Å². The van der Waals surface area contributed by atoms with Gasteiger partial charge in [0.05, 0.1) is 0 Å². The minimum atomic E-state index is 0.497. The summed E-state index contributed by atoms with van der Waals surface area (Å²) in [4.78, 5) is 20.0. The van der Waals surface area contributed by atoms with Crippen LogP contribution in [0.3, 0.4) is 0 Å². The zero-order valence-electron chi connectivity index (χ0n) is 15.0. The Morgan fingerprint density at radius 3 is 2.80 bits per heavy atom. The SMILES string of the molecule is CCCCSc1nc(N)cc(N2CCC(c3ncncc3C)CC2)n1. The summed E-state index contributed by atoms with van der Waals surface area (Å²) < 4.78 is 0. The second kappa shape index (κ2) is 8.47. The van der Waals surface area contributed by atoms with Gasteiger partial charge in [-0.2, -0.15) is 0 Å². The summed E-state index contributed by atoms with van der Waals surface area (Å²) in [5.41, 5.74) is 8.37. The van der Waals surface area contributed by atoms with Crippen LogP contribution in [0.25, 0.3) is 0 Å². The van der Waals surface area contributed by atoms with Gasteiger partial charge in [-0.3, -0.25) is 0 Å². The van der Waals surface area contributed by atoms with Crippen LogP contribution >= 0.6 is 11.8 Å². The Morgan fingerprint density at radius 1 is 1.28 bits per heavy atom. The summed E-state index contributed by atoms with van der Waals surface area (Å²) in [5, 5.41) is 0.789. The number of anilines is 2. The molecule has 3 rings (SSSR count). The van der Waals surface area contributed by atoms with Gasteiger partial charge in [-0.1, -0.05) is 25.1 Å². The summed E-state index contributed by atoms with van der Waals surface area (Å²) in [6.45, 7) is 6.20. The van der Waals surface area contributed by atoms with Crippen LogP contribution in [0.4, 0.5) is 11.6 Å². The predicted molar refractivity (Wildman–Crippen MR) is 103 cm³/mol. The summed E-state index contributed by atoms with van der Waals surface area (Å²) in [5.74, 6) is 3.04. The third-order valence-corrected chi connectivity index (χ3v) is 5.52. The first-order chi connectivity index (χ1) is 12.2. The average Bonchev–Trinajstić information content (AvgIpc) is 2.62. The van der Waals surface area contributed by atoms with Gasteiger partial charge < -0.3 is 10.6 Å². The number of hydrogen-bond donors (Lipinski definition) is 1. The molecule has 0 aromatic carbocycles. The number of aromatic nitrogens is 4. The van der Waals surface area contributed by atoms with Crippen LogP contribution in [-0.4, -0.2) is 38.8 Å². The number of hydrogen-bond acceptors (Lipinski definition) is 7. The molecule has 1 fully saturated rings. The first-order valence-corrected chi connectivity index (χ1v) is 9.94. The lowest BCUT2D eigenvalue weighted by atomic mass is 9.91. The molecule has 134 valence electrons. The largest absolute Gasteiger partial charge is 0.383 e. The van der Waals surface area contributed by atoms with E-state index in [4.69, 9.17) is 10.7 Å². The second-order valence-corrected chi connectivity index (χ2v) is 7.55.